The summed E-state index contributed by atoms with van der Waals surface area (Å²) in [7, 11) is 0. The highest BCUT2D eigenvalue weighted by Crippen LogP contribution is 2.24. The average molecular weight is 371 g/mol. The molecule has 1 fully saturated rings. The molecule has 1 unspecified atom stereocenters. The fourth-order valence-electron chi connectivity index (χ4n) is 3.42. The van der Waals surface area contributed by atoms with Gasteiger partial charge in [0.05, 0.1) is 18.0 Å². The zero-order valence-corrected chi connectivity index (χ0v) is 15.2. The first-order valence-electron chi connectivity index (χ1n) is 9.09. The first-order valence-corrected chi connectivity index (χ1v) is 9.09. The number of aromatic amines is 1. The summed E-state index contributed by atoms with van der Waals surface area (Å²) in [6, 6.07) is 6.46. The quantitative estimate of drug-likeness (QED) is 0.717. The Labute approximate surface area is 156 Å². The van der Waals surface area contributed by atoms with Crippen molar-refractivity contribution in [1.29, 1.82) is 0 Å². The van der Waals surface area contributed by atoms with Crippen LogP contribution in [0.2, 0.25) is 0 Å². The third-order valence-electron chi connectivity index (χ3n) is 4.72. The second-order valence-electron chi connectivity index (χ2n) is 6.82. The maximum atomic E-state index is 13.2. The molecule has 7 nitrogen and oxygen atoms in total. The minimum atomic E-state index is -0.243. The molecule has 2 aromatic heterocycles. The van der Waals surface area contributed by atoms with E-state index in [0.29, 0.717) is 18.3 Å². The van der Waals surface area contributed by atoms with Crippen molar-refractivity contribution in [2.24, 2.45) is 0 Å². The standard InChI is InChI=1S/C19H22FN5O2/c1-13-22-18(24-27-13)12-26-17-3-2-8-25(11-17)10-15-9-21-23-19(15)14-4-6-16(20)7-5-14/h4-7,9,17H,2-3,8,10-12H2,1H3,(H,21,23). The number of nitrogens with one attached hydrogen (secondary N) is 1. The van der Waals surface area contributed by atoms with Crippen LogP contribution in [0, 0.1) is 12.7 Å². The topological polar surface area (TPSA) is 80.1 Å². The van der Waals surface area contributed by atoms with E-state index in [0.717, 1.165) is 49.3 Å². The Kier molecular flexibility index (Phi) is 5.26. The van der Waals surface area contributed by atoms with Gasteiger partial charge in [0.1, 0.15) is 12.4 Å². The summed E-state index contributed by atoms with van der Waals surface area (Å²) in [4.78, 5) is 6.53. The minimum absolute atomic E-state index is 0.138. The van der Waals surface area contributed by atoms with Gasteiger partial charge in [0, 0.05) is 31.1 Å². The van der Waals surface area contributed by atoms with Crippen molar-refractivity contribution >= 4 is 0 Å². The molecule has 3 heterocycles. The Morgan fingerprint density at radius 3 is 2.96 bits per heavy atom. The number of aromatic nitrogens is 4. The van der Waals surface area contributed by atoms with E-state index in [9.17, 15) is 4.39 Å². The summed E-state index contributed by atoms with van der Waals surface area (Å²) < 4.78 is 24.1. The van der Waals surface area contributed by atoms with Gasteiger partial charge < -0.3 is 9.26 Å². The van der Waals surface area contributed by atoms with Crippen LogP contribution >= 0.6 is 0 Å². The van der Waals surface area contributed by atoms with Crippen LogP contribution in [0.25, 0.3) is 11.3 Å². The lowest BCUT2D eigenvalue weighted by atomic mass is 10.0. The van der Waals surface area contributed by atoms with E-state index in [1.54, 1.807) is 19.1 Å². The molecule has 1 aliphatic heterocycles. The third kappa shape index (κ3) is 4.40. The van der Waals surface area contributed by atoms with Crippen LogP contribution in [-0.2, 0) is 17.9 Å². The molecule has 3 aromatic rings. The van der Waals surface area contributed by atoms with Crippen LogP contribution in [0.4, 0.5) is 4.39 Å². The SMILES string of the molecule is Cc1nc(COC2CCCN(Cc3cn[nH]c3-c3ccc(F)cc3)C2)no1. The zero-order valence-electron chi connectivity index (χ0n) is 15.2. The number of benzene rings is 1. The molecule has 1 aromatic carbocycles. The number of ether oxygens (including phenoxy) is 1. The summed E-state index contributed by atoms with van der Waals surface area (Å²) in [5, 5.41) is 11.1. The Morgan fingerprint density at radius 1 is 1.33 bits per heavy atom. The number of hydrogen-bond donors (Lipinski definition) is 1. The molecule has 27 heavy (non-hydrogen) atoms. The van der Waals surface area contributed by atoms with E-state index in [1.165, 1.54) is 12.1 Å². The van der Waals surface area contributed by atoms with Crippen molar-refractivity contribution in [2.45, 2.75) is 39.0 Å². The molecule has 8 heteroatoms. The third-order valence-corrected chi connectivity index (χ3v) is 4.72. The van der Waals surface area contributed by atoms with Gasteiger partial charge in [0.25, 0.3) is 0 Å². The number of H-pyrrole nitrogens is 1. The van der Waals surface area contributed by atoms with Crippen molar-refractivity contribution < 1.29 is 13.7 Å². The summed E-state index contributed by atoms with van der Waals surface area (Å²) in [6.07, 6.45) is 4.06. The van der Waals surface area contributed by atoms with Crippen LogP contribution in [-0.4, -0.2) is 44.4 Å². The molecular formula is C19H22FN5O2. The Balaban J connectivity index is 1.37. The molecule has 1 aliphatic rings. The van der Waals surface area contributed by atoms with Gasteiger partial charge in [-0.3, -0.25) is 10.00 Å². The lowest BCUT2D eigenvalue weighted by Gasteiger charge is -2.32. The van der Waals surface area contributed by atoms with E-state index in [2.05, 4.69) is 25.2 Å². The number of piperidine rings is 1. The molecule has 1 N–H and O–H groups in total. The maximum absolute atomic E-state index is 13.2. The smallest absolute Gasteiger partial charge is 0.223 e. The van der Waals surface area contributed by atoms with Gasteiger partial charge in [-0.25, -0.2) is 4.39 Å². The van der Waals surface area contributed by atoms with Gasteiger partial charge in [-0.15, -0.1) is 0 Å². The summed E-state index contributed by atoms with van der Waals surface area (Å²) >= 11 is 0. The predicted octanol–water partition coefficient (Wildman–Crippen LogP) is 3.09. The number of hydrogen-bond acceptors (Lipinski definition) is 6. The first kappa shape index (κ1) is 17.8. The van der Waals surface area contributed by atoms with Crippen LogP contribution in [0.15, 0.2) is 35.0 Å². The van der Waals surface area contributed by atoms with Gasteiger partial charge in [-0.1, -0.05) is 5.16 Å². The number of likely N-dealkylation sites (tertiary alicyclic amines) is 1. The molecule has 0 saturated carbocycles. The Hall–Kier alpha value is -2.58. The summed E-state index contributed by atoms with van der Waals surface area (Å²) in [5.41, 5.74) is 2.96. The Bertz CT molecular complexity index is 876. The average Bonchev–Trinajstić information content (AvgIpc) is 3.30. The van der Waals surface area contributed by atoms with E-state index in [-0.39, 0.29) is 11.9 Å². The minimum Gasteiger partial charge on any atom is -0.369 e. The highest BCUT2D eigenvalue weighted by Gasteiger charge is 2.22. The van der Waals surface area contributed by atoms with Gasteiger partial charge in [-0.05, 0) is 43.7 Å². The Morgan fingerprint density at radius 2 is 2.19 bits per heavy atom. The fraction of sp³-hybridized carbons (Fsp3) is 0.421. The number of rotatable bonds is 6. The van der Waals surface area contributed by atoms with Crippen molar-refractivity contribution in [2.75, 3.05) is 13.1 Å². The second kappa shape index (κ2) is 7.98. The number of nitrogens with zero attached hydrogens (tertiary/aromatic N) is 4. The zero-order chi connectivity index (χ0) is 18.6. The van der Waals surface area contributed by atoms with Crippen LogP contribution in [0.5, 0.6) is 0 Å². The molecule has 0 bridgehead atoms. The first-order chi connectivity index (χ1) is 13.2. The maximum Gasteiger partial charge on any atom is 0.223 e. The summed E-state index contributed by atoms with van der Waals surface area (Å²) in [6.45, 7) is 4.75. The van der Waals surface area contributed by atoms with Crippen LogP contribution < -0.4 is 0 Å². The van der Waals surface area contributed by atoms with Gasteiger partial charge in [0.15, 0.2) is 5.82 Å². The molecule has 1 atom stereocenters. The molecule has 0 amide bonds. The molecule has 142 valence electrons. The van der Waals surface area contributed by atoms with Crippen LogP contribution in [0.1, 0.15) is 30.1 Å². The fourth-order valence-corrected chi connectivity index (χ4v) is 3.42. The molecular weight excluding hydrogens is 349 g/mol. The normalized spacial score (nSPS) is 18.1. The van der Waals surface area contributed by atoms with Gasteiger partial charge >= 0.3 is 0 Å². The van der Waals surface area contributed by atoms with Crippen molar-refractivity contribution in [3.63, 3.8) is 0 Å². The van der Waals surface area contributed by atoms with Crippen molar-refractivity contribution in [3.05, 3.63) is 53.6 Å². The van der Waals surface area contributed by atoms with Crippen molar-refractivity contribution in [3.8, 4) is 11.3 Å². The highest BCUT2D eigenvalue weighted by molar-refractivity contribution is 5.62. The van der Waals surface area contributed by atoms with Gasteiger partial charge in [-0.2, -0.15) is 10.1 Å². The van der Waals surface area contributed by atoms with Gasteiger partial charge in [0.2, 0.25) is 5.89 Å². The van der Waals surface area contributed by atoms with E-state index >= 15 is 0 Å². The molecule has 0 aliphatic carbocycles. The molecule has 1 saturated heterocycles. The lowest BCUT2D eigenvalue weighted by molar-refractivity contribution is -0.0150. The number of aryl methyl sites for hydroxylation is 1. The van der Waals surface area contributed by atoms with E-state index in [1.807, 2.05) is 6.20 Å². The summed E-state index contributed by atoms with van der Waals surface area (Å²) in [5.74, 6) is 0.887. The largest absolute Gasteiger partial charge is 0.369 e. The van der Waals surface area contributed by atoms with Crippen molar-refractivity contribution in [1.82, 2.24) is 25.2 Å². The van der Waals surface area contributed by atoms with Crippen LogP contribution in [0.3, 0.4) is 0 Å². The molecule has 0 radical (unpaired) electrons. The lowest BCUT2D eigenvalue weighted by Crippen LogP contribution is -2.39. The van der Waals surface area contributed by atoms with E-state index in [4.69, 9.17) is 9.26 Å². The second-order valence-corrected chi connectivity index (χ2v) is 6.82. The molecule has 0 spiro atoms. The molecule has 4 rings (SSSR count). The van der Waals surface area contributed by atoms with E-state index < -0.39 is 0 Å². The highest BCUT2D eigenvalue weighted by atomic mass is 19.1. The number of halogens is 1. The predicted molar refractivity (Wildman–Crippen MR) is 96.1 cm³/mol. The monoisotopic (exact) mass is 371 g/mol.